The minimum atomic E-state index is -3.53. The third-order valence-electron chi connectivity index (χ3n) is 6.03. The minimum absolute atomic E-state index is 0.283. The molecule has 1 spiro atoms. The lowest BCUT2D eigenvalue weighted by atomic mass is 9.85. The zero-order valence-corrected chi connectivity index (χ0v) is 18.6. The Morgan fingerprint density at radius 1 is 1.13 bits per heavy atom. The summed E-state index contributed by atoms with van der Waals surface area (Å²) in [6.07, 6.45) is 1.36. The van der Waals surface area contributed by atoms with E-state index in [1.54, 1.807) is 28.6 Å². The van der Waals surface area contributed by atoms with Crippen LogP contribution in [0.4, 0.5) is 0 Å². The second-order valence-electron chi connectivity index (χ2n) is 7.88. The van der Waals surface area contributed by atoms with Gasteiger partial charge in [0.05, 0.1) is 17.0 Å². The van der Waals surface area contributed by atoms with E-state index in [0.717, 1.165) is 18.9 Å². The summed E-state index contributed by atoms with van der Waals surface area (Å²) in [4.78, 5) is 5.05. The van der Waals surface area contributed by atoms with E-state index < -0.39 is 10.0 Å². The second-order valence-corrected chi connectivity index (χ2v) is 10.3. The molecule has 160 valence electrons. The summed E-state index contributed by atoms with van der Waals surface area (Å²) in [5.74, 6) is 0.945. The molecule has 1 fully saturated rings. The average Bonchev–Trinajstić information content (AvgIpc) is 2.75. The Labute approximate surface area is 183 Å². The molecular weight excluding hydrogens is 420 g/mol. The van der Waals surface area contributed by atoms with Crippen molar-refractivity contribution in [1.82, 2.24) is 14.9 Å². The molecule has 0 amide bonds. The molecule has 0 atom stereocenters. The van der Waals surface area contributed by atoms with Crippen molar-refractivity contribution >= 4 is 27.5 Å². The summed E-state index contributed by atoms with van der Waals surface area (Å²) in [5, 5.41) is 7.68. The number of nitrogens with zero attached hydrogens (tertiary/aromatic N) is 2. The van der Waals surface area contributed by atoms with E-state index in [0.29, 0.717) is 37.5 Å². The molecule has 2 N–H and O–H groups in total. The molecule has 1 saturated heterocycles. The summed E-state index contributed by atoms with van der Waals surface area (Å²) in [5.41, 5.74) is 2.18. The number of rotatable bonds is 4. The summed E-state index contributed by atoms with van der Waals surface area (Å²) in [6.45, 7) is 5.24. The number of hydrogen-bond donors (Lipinski definition) is 2. The van der Waals surface area contributed by atoms with Gasteiger partial charge in [-0.1, -0.05) is 35.9 Å². The number of sulfonamides is 1. The quantitative estimate of drug-likeness (QED) is 0.757. The van der Waals surface area contributed by atoms with Gasteiger partial charge >= 0.3 is 0 Å². The molecule has 0 bridgehead atoms. The van der Waals surface area contributed by atoms with Gasteiger partial charge in [0.1, 0.15) is 5.84 Å². The maximum absolute atomic E-state index is 13.0. The van der Waals surface area contributed by atoms with Gasteiger partial charge in [-0.2, -0.15) is 4.31 Å². The number of aryl methyl sites for hydroxylation is 1. The fourth-order valence-electron chi connectivity index (χ4n) is 4.19. The molecule has 0 aliphatic carbocycles. The van der Waals surface area contributed by atoms with E-state index in [2.05, 4.69) is 29.7 Å². The van der Waals surface area contributed by atoms with Crippen LogP contribution in [-0.2, 0) is 16.6 Å². The lowest BCUT2D eigenvalue weighted by Crippen LogP contribution is -2.64. The maximum atomic E-state index is 13.0. The van der Waals surface area contributed by atoms with E-state index in [4.69, 9.17) is 16.6 Å². The summed E-state index contributed by atoms with van der Waals surface area (Å²) in [7, 11) is -3.53. The molecule has 2 heterocycles. The highest BCUT2D eigenvalue weighted by Crippen LogP contribution is 2.29. The Balaban J connectivity index is 1.46. The molecule has 2 aliphatic heterocycles. The lowest BCUT2D eigenvalue weighted by Gasteiger charge is -2.44. The molecule has 0 unspecified atom stereocenters. The molecule has 30 heavy (non-hydrogen) atoms. The Morgan fingerprint density at radius 3 is 2.53 bits per heavy atom. The van der Waals surface area contributed by atoms with Crippen LogP contribution in [0.15, 0.2) is 58.4 Å². The molecular formula is C22H27ClN4O2S. The van der Waals surface area contributed by atoms with Crippen LogP contribution in [0, 0.1) is 6.92 Å². The zero-order valence-electron chi connectivity index (χ0n) is 17.1. The molecule has 0 aromatic heterocycles. The van der Waals surface area contributed by atoms with E-state index >= 15 is 0 Å². The number of halogens is 1. The Bertz CT molecular complexity index is 1030. The number of nitrogens with one attached hydrogen (secondary N) is 2. The fraction of sp³-hybridized carbons (Fsp3) is 0.409. The predicted molar refractivity (Wildman–Crippen MR) is 120 cm³/mol. The van der Waals surface area contributed by atoms with Gasteiger partial charge < -0.3 is 10.6 Å². The highest BCUT2D eigenvalue weighted by atomic mass is 35.5. The third-order valence-corrected chi connectivity index (χ3v) is 8.20. The largest absolute Gasteiger partial charge is 0.368 e. The van der Waals surface area contributed by atoms with Crippen LogP contribution in [0.25, 0.3) is 0 Å². The predicted octanol–water partition coefficient (Wildman–Crippen LogP) is 2.96. The van der Waals surface area contributed by atoms with Crippen LogP contribution in [0.3, 0.4) is 0 Å². The van der Waals surface area contributed by atoms with Gasteiger partial charge in [0.2, 0.25) is 10.0 Å². The van der Waals surface area contributed by atoms with E-state index in [1.807, 2.05) is 12.1 Å². The van der Waals surface area contributed by atoms with Crippen LogP contribution in [0.2, 0.25) is 5.02 Å². The van der Waals surface area contributed by atoms with Gasteiger partial charge in [-0.3, -0.25) is 4.99 Å². The van der Waals surface area contributed by atoms with Crippen molar-refractivity contribution in [2.75, 3.05) is 26.2 Å². The molecule has 8 heteroatoms. The number of benzene rings is 2. The number of hydrogen-bond acceptors (Lipinski definition) is 5. The molecule has 2 aromatic rings. The van der Waals surface area contributed by atoms with Crippen molar-refractivity contribution in [2.45, 2.75) is 36.7 Å². The smallest absolute Gasteiger partial charge is 0.243 e. The molecule has 2 aliphatic rings. The lowest BCUT2D eigenvalue weighted by molar-refractivity contribution is 0.241. The van der Waals surface area contributed by atoms with E-state index in [-0.39, 0.29) is 10.4 Å². The van der Waals surface area contributed by atoms with Crippen LogP contribution in [0.5, 0.6) is 0 Å². The van der Waals surface area contributed by atoms with Crippen molar-refractivity contribution in [2.24, 2.45) is 4.99 Å². The van der Waals surface area contributed by atoms with Gasteiger partial charge in [-0.25, -0.2) is 8.42 Å². The topological polar surface area (TPSA) is 73.8 Å². The first-order valence-corrected chi connectivity index (χ1v) is 12.1. The first-order valence-electron chi connectivity index (χ1n) is 10.2. The monoisotopic (exact) mass is 446 g/mol. The van der Waals surface area contributed by atoms with Crippen LogP contribution < -0.4 is 10.6 Å². The minimum Gasteiger partial charge on any atom is -0.368 e. The van der Waals surface area contributed by atoms with Crippen LogP contribution in [-0.4, -0.2) is 50.3 Å². The van der Waals surface area contributed by atoms with Crippen LogP contribution >= 0.6 is 11.6 Å². The van der Waals surface area contributed by atoms with Crippen LogP contribution in [0.1, 0.15) is 24.0 Å². The van der Waals surface area contributed by atoms with Gasteiger partial charge in [0, 0.05) is 31.2 Å². The summed E-state index contributed by atoms with van der Waals surface area (Å²) in [6, 6.07) is 14.7. The summed E-state index contributed by atoms with van der Waals surface area (Å²) >= 11 is 5.91. The average molecular weight is 447 g/mol. The van der Waals surface area contributed by atoms with Crippen molar-refractivity contribution in [1.29, 1.82) is 0 Å². The molecule has 2 aromatic carbocycles. The third kappa shape index (κ3) is 4.25. The highest BCUT2D eigenvalue weighted by Gasteiger charge is 2.43. The van der Waals surface area contributed by atoms with Crippen molar-refractivity contribution in [3.63, 3.8) is 0 Å². The van der Waals surface area contributed by atoms with Crippen molar-refractivity contribution in [3.8, 4) is 0 Å². The Morgan fingerprint density at radius 2 is 1.83 bits per heavy atom. The van der Waals surface area contributed by atoms with Gasteiger partial charge in [-0.05, 0) is 55.2 Å². The highest BCUT2D eigenvalue weighted by molar-refractivity contribution is 7.89. The Kier molecular flexibility index (Phi) is 6.16. The van der Waals surface area contributed by atoms with Crippen molar-refractivity contribution in [3.05, 3.63) is 64.7 Å². The molecule has 4 rings (SSSR count). The van der Waals surface area contributed by atoms with E-state index in [9.17, 15) is 8.42 Å². The SMILES string of the molecule is Cc1ccccc1CNC1=NCCNC12CCN(S(=O)(=O)c1ccc(Cl)cc1)CC2. The van der Waals surface area contributed by atoms with Gasteiger partial charge in [0.15, 0.2) is 0 Å². The fourth-order valence-corrected chi connectivity index (χ4v) is 5.76. The second kappa shape index (κ2) is 8.67. The zero-order chi connectivity index (χ0) is 21.2. The standard InChI is InChI=1S/C22H27ClN4O2S/c1-17-4-2-3-5-18(17)16-25-21-22(26-13-12-24-21)10-14-27(15-11-22)30(28,29)20-8-6-19(23)7-9-20/h2-9,26H,10-16H2,1H3,(H,24,25). The first kappa shape index (κ1) is 21.3. The molecule has 0 radical (unpaired) electrons. The normalized spacial score (nSPS) is 19.5. The molecule has 0 saturated carbocycles. The molecule has 6 nitrogen and oxygen atoms in total. The van der Waals surface area contributed by atoms with Gasteiger partial charge in [0.25, 0.3) is 0 Å². The number of amidine groups is 1. The number of aliphatic imine (C=N–C) groups is 1. The maximum Gasteiger partial charge on any atom is 0.243 e. The first-order chi connectivity index (χ1) is 14.4. The Hall–Kier alpha value is -1.93. The summed E-state index contributed by atoms with van der Waals surface area (Å²) < 4.78 is 27.6. The van der Waals surface area contributed by atoms with Gasteiger partial charge in [-0.15, -0.1) is 0 Å². The van der Waals surface area contributed by atoms with E-state index in [1.165, 1.54) is 11.1 Å². The van der Waals surface area contributed by atoms with Crippen molar-refractivity contribution < 1.29 is 8.42 Å². The number of piperidine rings is 1.